The Morgan fingerprint density at radius 2 is 2.07 bits per heavy atom. The van der Waals surface area contributed by atoms with Gasteiger partial charge >= 0.3 is 0 Å². The fourth-order valence-corrected chi connectivity index (χ4v) is 2.70. The monoisotopic (exact) mass is 196 g/mol. The van der Waals surface area contributed by atoms with Crippen molar-refractivity contribution in [2.24, 2.45) is 5.73 Å². The van der Waals surface area contributed by atoms with Gasteiger partial charge < -0.3 is 10.6 Å². The number of carbonyl (C=O) groups excluding carboxylic acids is 1. The van der Waals surface area contributed by atoms with Gasteiger partial charge in [-0.1, -0.05) is 0 Å². The van der Waals surface area contributed by atoms with Crippen molar-refractivity contribution in [1.82, 2.24) is 4.90 Å². The molecule has 1 heterocycles. The Labute approximate surface area is 85.6 Å². The normalized spacial score (nSPS) is 34.6. The molecule has 0 aromatic heterocycles. The number of nitrogens with zero attached hydrogens (tertiary/aromatic N) is 1. The minimum absolute atomic E-state index is 0.323. The van der Waals surface area contributed by atoms with Crippen LogP contribution in [0.4, 0.5) is 0 Å². The first kappa shape index (κ1) is 9.97. The Balaban J connectivity index is 1.94. The molecule has 0 radical (unpaired) electrons. The van der Waals surface area contributed by atoms with Crippen LogP contribution < -0.4 is 5.73 Å². The molecule has 14 heavy (non-hydrogen) atoms. The van der Waals surface area contributed by atoms with Gasteiger partial charge in [0.1, 0.15) is 0 Å². The molecule has 0 bridgehead atoms. The largest absolute Gasteiger partial charge is 0.340 e. The number of hydrogen-bond donors (Lipinski definition) is 1. The summed E-state index contributed by atoms with van der Waals surface area (Å²) in [5, 5.41) is 0. The van der Waals surface area contributed by atoms with Gasteiger partial charge in [0, 0.05) is 25.0 Å². The van der Waals surface area contributed by atoms with Gasteiger partial charge in [0.15, 0.2) is 0 Å². The Hall–Kier alpha value is -0.570. The van der Waals surface area contributed by atoms with Crippen molar-refractivity contribution >= 4 is 5.91 Å². The molecule has 2 unspecified atom stereocenters. The molecule has 2 N–H and O–H groups in total. The van der Waals surface area contributed by atoms with Crippen molar-refractivity contribution in [3.8, 4) is 0 Å². The Kier molecular flexibility index (Phi) is 3.06. The number of hydrogen-bond acceptors (Lipinski definition) is 2. The lowest BCUT2D eigenvalue weighted by Gasteiger charge is -2.38. The number of amides is 1. The Bertz CT molecular complexity index is 217. The summed E-state index contributed by atoms with van der Waals surface area (Å²) < 4.78 is 0. The predicted molar refractivity (Wildman–Crippen MR) is 55.8 cm³/mol. The van der Waals surface area contributed by atoms with Gasteiger partial charge in [-0.15, -0.1) is 0 Å². The summed E-state index contributed by atoms with van der Waals surface area (Å²) in [4.78, 5) is 13.8. The van der Waals surface area contributed by atoms with Gasteiger partial charge in [-0.05, 0) is 38.5 Å². The zero-order valence-electron chi connectivity index (χ0n) is 8.74. The SMILES string of the molecule is NC1CCCC(N2CCCCC2=O)C1. The molecule has 1 aliphatic heterocycles. The number of piperidine rings is 1. The average Bonchev–Trinajstić information content (AvgIpc) is 2.18. The standard InChI is InChI=1S/C11H20N2O/c12-9-4-3-5-10(8-9)13-7-2-1-6-11(13)14/h9-10H,1-8,12H2. The summed E-state index contributed by atoms with van der Waals surface area (Å²) in [6.07, 6.45) is 7.52. The van der Waals surface area contributed by atoms with E-state index in [2.05, 4.69) is 4.90 Å². The molecule has 80 valence electrons. The molecule has 1 saturated carbocycles. The summed E-state index contributed by atoms with van der Waals surface area (Å²) in [6.45, 7) is 0.968. The van der Waals surface area contributed by atoms with E-state index in [9.17, 15) is 4.79 Å². The zero-order chi connectivity index (χ0) is 9.97. The highest BCUT2D eigenvalue weighted by atomic mass is 16.2. The molecular formula is C11H20N2O. The smallest absolute Gasteiger partial charge is 0.222 e. The van der Waals surface area contributed by atoms with Crippen LogP contribution in [0.3, 0.4) is 0 Å². The molecule has 0 spiro atoms. The Morgan fingerprint density at radius 1 is 1.21 bits per heavy atom. The van der Waals surface area contributed by atoms with Crippen LogP contribution >= 0.6 is 0 Å². The molecule has 0 aromatic carbocycles. The van der Waals surface area contributed by atoms with E-state index in [1.54, 1.807) is 0 Å². The lowest BCUT2D eigenvalue weighted by molar-refractivity contribution is -0.136. The number of rotatable bonds is 1. The van der Waals surface area contributed by atoms with Crippen LogP contribution in [0.2, 0.25) is 0 Å². The fraction of sp³-hybridized carbons (Fsp3) is 0.909. The van der Waals surface area contributed by atoms with Gasteiger partial charge in [0.25, 0.3) is 0 Å². The van der Waals surface area contributed by atoms with E-state index >= 15 is 0 Å². The molecule has 1 amide bonds. The van der Waals surface area contributed by atoms with Crippen LogP contribution in [0.25, 0.3) is 0 Å². The lowest BCUT2D eigenvalue weighted by atomic mass is 9.89. The Morgan fingerprint density at radius 3 is 2.79 bits per heavy atom. The van der Waals surface area contributed by atoms with Crippen LogP contribution in [0.1, 0.15) is 44.9 Å². The maximum Gasteiger partial charge on any atom is 0.222 e. The van der Waals surface area contributed by atoms with Crippen molar-refractivity contribution in [2.45, 2.75) is 57.0 Å². The summed E-state index contributed by atoms with van der Waals surface area (Å²) in [7, 11) is 0. The molecule has 2 aliphatic rings. The topological polar surface area (TPSA) is 46.3 Å². The molecular weight excluding hydrogens is 176 g/mol. The van der Waals surface area contributed by atoms with Crippen molar-refractivity contribution < 1.29 is 4.79 Å². The second-order valence-electron chi connectivity index (χ2n) is 4.62. The van der Waals surface area contributed by atoms with Crippen molar-refractivity contribution in [3.63, 3.8) is 0 Å². The highest BCUT2D eigenvalue weighted by molar-refractivity contribution is 5.77. The van der Waals surface area contributed by atoms with Gasteiger partial charge in [-0.3, -0.25) is 4.79 Å². The van der Waals surface area contributed by atoms with Gasteiger partial charge in [0.2, 0.25) is 5.91 Å². The minimum Gasteiger partial charge on any atom is -0.340 e. The third-order valence-electron chi connectivity index (χ3n) is 3.49. The van der Waals surface area contributed by atoms with Gasteiger partial charge in [-0.2, -0.15) is 0 Å². The molecule has 2 rings (SSSR count). The van der Waals surface area contributed by atoms with Crippen LogP contribution in [-0.4, -0.2) is 29.4 Å². The summed E-state index contributed by atoms with van der Waals surface area (Å²) >= 11 is 0. The maximum atomic E-state index is 11.7. The fourth-order valence-electron chi connectivity index (χ4n) is 2.70. The maximum absolute atomic E-state index is 11.7. The minimum atomic E-state index is 0.323. The highest BCUT2D eigenvalue weighted by Crippen LogP contribution is 2.25. The van der Waals surface area contributed by atoms with Crippen LogP contribution in [0.5, 0.6) is 0 Å². The van der Waals surface area contributed by atoms with Crippen LogP contribution in [0.15, 0.2) is 0 Å². The average molecular weight is 196 g/mol. The summed E-state index contributed by atoms with van der Waals surface area (Å²) in [6, 6.07) is 0.773. The molecule has 0 aromatic rings. The van der Waals surface area contributed by atoms with E-state index in [1.807, 2.05) is 0 Å². The predicted octanol–water partition coefficient (Wildman–Crippen LogP) is 1.27. The van der Waals surface area contributed by atoms with Crippen LogP contribution in [0, 0.1) is 0 Å². The van der Waals surface area contributed by atoms with E-state index in [1.165, 1.54) is 19.3 Å². The van der Waals surface area contributed by atoms with Crippen molar-refractivity contribution in [1.29, 1.82) is 0 Å². The van der Waals surface area contributed by atoms with Crippen molar-refractivity contribution in [3.05, 3.63) is 0 Å². The number of nitrogens with two attached hydrogens (primary N) is 1. The highest BCUT2D eigenvalue weighted by Gasteiger charge is 2.29. The molecule has 2 atom stereocenters. The summed E-state index contributed by atoms with van der Waals surface area (Å²) in [5.41, 5.74) is 5.94. The lowest BCUT2D eigenvalue weighted by Crippen LogP contribution is -2.47. The van der Waals surface area contributed by atoms with E-state index in [4.69, 9.17) is 5.73 Å². The first-order valence-electron chi connectivity index (χ1n) is 5.82. The van der Waals surface area contributed by atoms with Gasteiger partial charge in [-0.25, -0.2) is 0 Å². The number of likely N-dealkylation sites (tertiary alicyclic amines) is 1. The molecule has 2 fully saturated rings. The van der Waals surface area contributed by atoms with E-state index in [0.29, 0.717) is 18.0 Å². The second-order valence-corrected chi connectivity index (χ2v) is 4.62. The second kappa shape index (κ2) is 4.30. The first-order valence-corrected chi connectivity index (χ1v) is 5.82. The molecule has 1 aliphatic carbocycles. The van der Waals surface area contributed by atoms with E-state index in [-0.39, 0.29) is 0 Å². The quantitative estimate of drug-likeness (QED) is 0.686. The summed E-state index contributed by atoms with van der Waals surface area (Å²) in [5.74, 6) is 0.357. The zero-order valence-corrected chi connectivity index (χ0v) is 8.74. The third-order valence-corrected chi connectivity index (χ3v) is 3.49. The van der Waals surface area contributed by atoms with Crippen molar-refractivity contribution in [2.75, 3.05) is 6.54 Å². The van der Waals surface area contributed by atoms with Gasteiger partial charge in [0.05, 0.1) is 0 Å². The molecule has 1 saturated heterocycles. The molecule has 3 nitrogen and oxygen atoms in total. The third kappa shape index (κ3) is 2.08. The molecule has 3 heteroatoms. The van der Waals surface area contributed by atoms with Crippen LogP contribution in [-0.2, 0) is 4.79 Å². The van der Waals surface area contributed by atoms with E-state index < -0.39 is 0 Å². The first-order chi connectivity index (χ1) is 6.77. The van der Waals surface area contributed by atoms with E-state index in [0.717, 1.165) is 32.2 Å². The number of carbonyl (C=O) groups is 1.